The van der Waals surface area contributed by atoms with Crippen LogP contribution in [-0.2, 0) is 9.84 Å². The molecule has 1 aliphatic rings. The van der Waals surface area contributed by atoms with Gasteiger partial charge in [-0.1, -0.05) is 0 Å². The van der Waals surface area contributed by atoms with Gasteiger partial charge in [0.2, 0.25) is 0 Å². The zero-order chi connectivity index (χ0) is 12.5. The van der Waals surface area contributed by atoms with E-state index in [0.717, 1.165) is 5.13 Å². The van der Waals surface area contributed by atoms with Crippen LogP contribution in [0.2, 0.25) is 0 Å². The molecule has 0 N–H and O–H groups in total. The molecule has 0 spiro atoms. The zero-order valence-corrected chi connectivity index (χ0v) is 11.2. The van der Waals surface area contributed by atoms with Crippen molar-refractivity contribution in [3.05, 3.63) is 11.1 Å². The highest BCUT2D eigenvalue weighted by atomic mass is 32.2. The number of hydrogen-bond donors (Lipinski definition) is 0. The van der Waals surface area contributed by atoms with Crippen molar-refractivity contribution in [2.24, 2.45) is 0 Å². The van der Waals surface area contributed by atoms with E-state index in [1.165, 1.54) is 18.3 Å². The van der Waals surface area contributed by atoms with Gasteiger partial charge in [0.05, 0.1) is 11.5 Å². The maximum atomic E-state index is 11.5. The molecular formula is C10H14N2O3S2. The Morgan fingerprint density at radius 2 is 2.18 bits per heavy atom. The van der Waals surface area contributed by atoms with Gasteiger partial charge in [0.1, 0.15) is 5.69 Å². The monoisotopic (exact) mass is 274 g/mol. The molecule has 1 aliphatic heterocycles. The summed E-state index contributed by atoms with van der Waals surface area (Å²) in [7, 11) is -2.90. The second-order valence-electron chi connectivity index (χ2n) is 4.06. The molecule has 94 valence electrons. The van der Waals surface area contributed by atoms with Crippen molar-refractivity contribution in [2.75, 3.05) is 29.5 Å². The third-order valence-electron chi connectivity index (χ3n) is 2.68. The van der Waals surface area contributed by atoms with Crippen LogP contribution < -0.4 is 4.90 Å². The first-order chi connectivity index (χ1) is 7.98. The number of carbonyl (C=O) groups excluding carboxylic acids is 1. The Bertz CT molecular complexity index is 521. The lowest BCUT2D eigenvalue weighted by atomic mass is 10.4. The number of sulfone groups is 1. The van der Waals surface area contributed by atoms with Gasteiger partial charge in [-0.25, -0.2) is 13.4 Å². The van der Waals surface area contributed by atoms with Crippen LogP contribution in [0.1, 0.15) is 23.8 Å². The lowest BCUT2D eigenvalue weighted by Crippen LogP contribution is -2.26. The van der Waals surface area contributed by atoms with Gasteiger partial charge in [-0.2, -0.15) is 0 Å². The number of ketones is 1. The molecule has 0 aromatic carbocycles. The van der Waals surface area contributed by atoms with Gasteiger partial charge >= 0.3 is 0 Å². The second-order valence-corrected chi connectivity index (χ2v) is 7.20. The van der Waals surface area contributed by atoms with Gasteiger partial charge < -0.3 is 4.90 Å². The molecule has 0 bridgehead atoms. The number of hydrogen-bond acceptors (Lipinski definition) is 6. The molecule has 0 atom stereocenters. The van der Waals surface area contributed by atoms with Crippen LogP contribution >= 0.6 is 11.3 Å². The van der Waals surface area contributed by atoms with E-state index in [1.54, 1.807) is 5.38 Å². The molecular weight excluding hydrogens is 260 g/mol. The predicted octanol–water partition coefficient (Wildman–Crippen LogP) is 0.971. The highest BCUT2D eigenvalue weighted by Gasteiger charge is 2.21. The van der Waals surface area contributed by atoms with Gasteiger partial charge in [0.25, 0.3) is 0 Å². The predicted molar refractivity (Wildman–Crippen MR) is 67.6 cm³/mol. The third kappa shape index (κ3) is 3.04. The van der Waals surface area contributed by atoms with E-state index in [9.17, 15) is 13.2 Å². The fourth-order valence-electron chi connectivity index (χ4n) is 1.70. The lowest BCUT2D eigenvalue weighted by Gasteiger charge is -2.17. The van der Waals surface area contributed by atoms with Crippen LogP contribution in [0.4, 0.5) is 5.13 Å². The quantitative estimate of drug-likeness (QED) is 0.752. The Balaban J connectivity index is 2.14. The summed E-state index contributed by atoms with van der Waals surface area (Å²) in [6.07, 6.45) is 0.622. The molecule has 0 radical (unpaired) electrons. The Kier molecular flexibility index (Phi) is 3.48. The second kappa shape index (κ2) is 4.73. The van der Waals surface area contributed by atoms with E-state index in [4.69, 9.17) is 0 Å². The Morgan fingerprint density at radius 3 is 2.82 bits per heavy atom. The molecule has 1 saturated heterocycles. The van der Waals surface area contributed by atoms with Crippen molar-refractivity contribution < 1.29 is 13.2 Å². The molecule has 1 aromatic heterocycles. The third-order valence-corrected chi connectivity index (χ3v) is 5.30. The van der Waals surface area contributed by atoms with Gasteiger partial charge in [-0.3, -0.25) is 4.79 Å². The summed E-state index contributed by atoms with van der Waals surface area (Å²) in [6.45, 7) is 2.63. The van der Waals surface area contributed by atoms with E-state index < -0.39 is 9.84 Å². The molecule has 0 aliphatic carbocycles. The number of rotatable bonds is 2. The zero-order valence-electron chi connectivity index (χ0n) is 9.55. The molecule has 2 heterocycles. The summed E-state index contributed by atoms with van der Waals surface area (Å²) in [4.78, 5) is 17.3. The van der Waals surface area contributed by atoms with Crippen molar-refractivity contribution in [3.63, 3.8) is 0 Å². The number of aromatic nitrogens is 1. The summed E-state index contributed by atoms with van der Waals surface area (Å²) >= 11 is 1.39. The number of anilines is 1. The first-order valence-electron chi connectivity index (χ1n) is 5.40. The topological polar surface area (TPSA) is 67.3 Å². The van der Waals surface area contributed by atoms with Crippen molar-refractivity contribution >= 4 is 32.1 Å². The molecule has 2 rings (SSSR count). The fourth-order valence-corrected chi connectivity index (χ4v) is 3.89. The number of Topliss-reactive ketones (excluding diaryl/α,β-unsaturated/α-hetero) is 1. The molecule has 7 heteroatoms. The standard InChI is InChI=1S/C10H14N2O3S2/c1-8(13)9-7-16-10(11-9)12-3-2-5-17(14,15)6-4-12/h7H,2-6H2,1H3. The summed E-state index contributed by atoms with van der Waals surface area (Å²) in [5.74, 6) is 0.353. The maximum absolute atomic E-state index is 11.5. The first-order valence-corrected chi connectivity index (χ1v) is 8.10. The lowest BCUT2D eigenvalue weighted by molar-refractivity contribution is 0.101. The average molecular weight is 274 g/mol. The fraction of sp³-hybridized carbons (Fsp3) is 0.600. The van der Waals surface area contributed by atoms with Gasteiger partial charge in [-0.05, 0) is 6.42 Å². The number of thiazole rings is 1. The van der Waals surface area contributed by atoms with E-state index in [0.29, 0.717) is 25.2 Å². The summed E-state index contributed by atoms with van der Waals surface area (Å²) in [5, 5.41) is 2.46. The minimum atomic E-state index is -2.90. The molecule has 0 saturated carbocycles. The summed E-state index contributed by atoms with van der Waals surface area (Å²) in [6, 6.07) is 0. The van der Waals surface area contributed by atoms with Crippen LogP contribution in [0.5, 0.6) is 0 Å². The highest BCUT2D eigenvalue weighted by molar-refractivity contribution is 7.91. The maximum Gasteiger partial charge on any atom is 0.185 e. The average Bonchev–Trinajstić information content (AvgIpc) is 2.65. The van der Waals surface area contributed by atoms with Gasteiger partial charge in [0.15, 0.2) is 20.8 Å². The van der Waals surface area contributed by atoms with Crippen molar-refractivity contribution in [2.45, 2.75) is 13.3 Å². The van der Waals surface area contributed by atoms with E-state index in [1.807, 2.05) is 4.90 Å². The largest absolute Gasteiger partial charge is 0.347 e. The SMILES string of the molecule is CC(=O)c1csc(N2CCCS(=O)(=O)CC2)n1. The molecule has 0 amide bonds. The smallest absolute Gasteiger partial charge is 0.185 e. The normalized spacial score (nSPS) is 19.9. The molecule has 1 fully saturated rings. The summed E-state index contributed by atoms with van der Waals surface area (Å²) in [5.41, 5.74) is 0.456. The van der Waals surface area contributed by atoms with Crippen molar-refractivity contribution in [3.8, 4) is 0 Å². The Hall–Kier alpha value is -0.950. The molecule has 5 nitrogen and oxygen atoms in total. The van der Waals surface area contributed by atoms with Gasteiger partial charge in [0, 0.05) is 25.4 Å². The molecule has 0 unspecified atom stereocenters. The van der Waals surface area contributed by atoms with Crippen molar-refractivity contribution in [1.82, 2.24) is 4.98 Å². The van der Waals surface area contributed by atoms with E-state index in [-0.39, 0.29) is 17.3 Å². The number of nitrogens with zero attached hydrogens (tertiary/aromatic N) is 2. The van der Waals surface area contributed by atoms with Crippen LogP contribution in [-0.4, -0.2) is 43.8 Å². The van der Waals surface area contributed by atoms with E-state index >= 15 is 0 Å². The van der Waals surface area contributed by atoms with Crippen LogP contribution in [0.25, 0.3) is 0 Å². The van der Waals surface area contributed by atoms with E-state index in [2.05, 4.69) is 4.98 Å². The molecule has 17 heavy (non-hydrogen) atoms. The van der Waals surface area contributed by atoms with Crippen molar-refractivity contribution in [1.29, 1.82) is 0 Å². The minimum Gasteiger partial charge on any atom is -0.347 e. The Labute approximate surface area is 104 Å². The van der Waals surface area contributed by atoms with Crippen LogP contribution in [0.15, 0.2) is 5.38 Å². The van der Waals surface area contributed by atoms with Crippen LogP contribution in [0.3, 0.4) is 0 Å². The van der Waals surface area contributed by atoms with Crippen LogP contribution in [0, 0.1) is 0 Å². The Morgan fingerprint density at radius 1 is 1.41 bits per heavy atom. The molecule has 1 aromatic rings. The number of carbonyl (C=O) groups is 1. The summed E-state index contributed by atoms with van der Waals surface area (Å²) < 4.78 is 22.9. The first kappa shape index (κ1) is 12.5. The van der Waals surface area contributed by atoms with Gasteiger partial charge in [-0.15, -0.1) is 11.3 Å². The highest BCUT2D eigenvalue weighted by Crippen LogP contribution is 2.22. The minimum absolute atomic E-state index is 0.0602.